The Hall–Kier alpha value is -1.05. The van der Waals surface area contributed by atoms with Gasteiger partial charge in [-0.2, -0.15) is 0 Å². The molecule has 28 heavy (non-hydrogen) atoms. The van der Waals surface area contributed by atoms with Crippen molar-refractivity contribution in [3.8, 4) is 0 Å². The van der Waals surface area contributed by atoms with Gasteiger partial charge < -0.3 is 18.9 Å². The van der Waals surface area contributed by atoms with Crippen molar-refractivity contribution in [2.45, 2.75) is 89.5 Å². The second kappa shape index (κ2) is 8.00. The summed E-state index contributed by atoms with van der Waals surface area (Å²) in [5.74, 6) is -0.781. The first-order valence-electron chi connectivity index (χ1n) is 10.0. The molecule has 158 valence electrons. The summed E-state index contributed by atoms with van der Waals surface area (Å²) in [5, 5.41) is 1.70. The van der Waals surface area contributed by atoms with Gasteiger partial charge >= 0.3 is 11.9 Å². The summed E-state index contributed by atoms with van der Waals surface area (Å²) in [7, 11) is 0. The Kier molecular flexibility index (Phi) is 6.18. The molecule has 0 aromatic heterocycles. The van der Waals surface area contributed by atoms with E-state index in [0.717, 1.165) is 12.8 Å². The molecular weight excluding hydrogens is 380 g/mol. The van der Waals surface area contributed by atoms with Crippen LogP contribution in [0.4, 0.5) is 0 Å². The lowest BCUT2D eigenvalue weighted by atomic mass is 9.76. The third-order valence-electron chi connectivity index (χ3n) is 6.27. The highest BCUT2D eigenvalue weighted by Gasteiger charge is 2.64. The van der Waals surface area contributed by atoms with Crippen LogP contribution in [0.15, 0.2) is 11.5 Å². The number of fused-ring (bicyclic) bond motifs is 2. The molecule has 0 amide bonds. The van der Waals surface area contributed by atoms with E-state index in [1.165, 1.54) is 24.8 Å². The van der Waals surface area contributed by atoms with E-state index >= 15 is 0 Å². The van der Waals surface area contributed by atoms with Crippen LogP contribution in [0.3, 0.4) is 0 Å². The van der Waals surface area contributed by atoms with E-state index in [9.17, 15) is 9.59 Å². The zero-order valence-corrected chi connectivity index (χ0v) is 18.4. The topological polar surface area (TPSA) is 77.7 Å². The minimum absolute atomic E-state index is 0.125. The first-order valence-corrected chi connectivity index (χ1v) is 11.3. The first-order chi connectivity index (χ1) is 13.1. The van der Waals surface area contributed by atoms with Gasteiger partial charge in [-0.15, -0.1) is 11.8 Å². The smallest absolute Gasteiger partial charge is 0.331 e. The summed E-state index contributed by atoms with van der Waals surface area (Å²) >= 11 is 1.44. The number of thioether (sulfide) groups is 1. The molecule has 2 heterocycles. The van der Waals surface area contributed by atoms with Gasteiger partial charge in [-0.3, -0.25) is 4.79 Å². The summed E-state index contributed by atoms with van der Waals surface area (Å²) in [6.45, 7) is 9.69. The van der Waals surface area contributed by atoms with Gasteiger partial charge in [0.05, 0.1) is 17.3 Å². The highest BCUT2D eigenvalue weighted by molar-refractivity contribution is 8.01. The Morgan fingerprint density at radius 3 is 2.50 bits per heavy atom. The van der Waals surface area contributed by atoms with Crippen molar-refractivity contribution in [1.29, 1.82) is 0 Å². The first kappa shape index (κ1) is 21.7. The van der Waals surface area contributed by atoms with Crippen molar-refractivity contribution in [3.63, 3.8) is 0 Å². The van der Waals surface area contributed by atoms with Crippen LogP contribution in [0, 0.1) is 11.8 Å². The molecule has 6 nitrogen and oxygen atoms in total. The van der Waals surface area contributed by atoms with E-state index in [2.05, 4.69) is 27.7 Å². The highest BCUT2D eigenvalue weighted by Crippen LogP contribution is 2.53. The minimum atomic E-state index is -0.455. The third-order valence-corrected chi connectivity index (χ3v) is 6.68. The van der Waals surface area contributed by atoms with Gasteiger partial charge in [0.1, 0.15) is 18.3 Å². The molecule has 7 atom stereocenters. The lowest BCUT2D eigenvalue weighted by molar-refractivity contribution is -0.163. The molecule has 3 rings (SSSR count). The van der Waals surface area contributed by atoms with Gasteiger partial charge in [-0.1, -0.05) is 13.8 Å². The Balaban J connectivity index is 1.93. The number of carbonyl (C=O) groups excluding carboxylic acids is 2. The second-order valence-electron chi connectivity index (χ2n) is 8.92. The average molecular weight is 413 g/mol. The molecule has 2 aliphatic heterocycles. The lowest BCUT2D eigenvalue weighted by Gasteiger charge is -2.36. The number of carbonyl (C=O) groups is 2. The fraction of sp³-hybridized carbons (Fsp3) is 0.810. The predicted molar refractivity (Wildman–Crippen MR) is 107 cm³/mol. The van der Waals surface area contributed by atoms with Crippen molar-refractivity contribution < 1.29 is 28.5 Å². The second-order valence-corrected chi connectivity index (χ2v) is 9.67. The van der Waals surface area contributed by atoms with Crippen molar-refractivity contribution in [2.24, 2.45) is 11.8 Å². The summed E-state index contributed by atoms with van der Waals surface area (Å²) in [5.41, 5.74) is -0.648. The van der Waals surface area contributed by atoms with Gasteiger partial charge in [0, 0.05) is 25.3 Å². The van der Waals surface area contributed by atoms with Gasteiger partial charge in [-0.05, 0) is 44.3 Å². The molecule has 0 N–H and O–H groups in total. The summed E-state index contributed by atoms with van der Waals surface area (Å²) < 4.78 is 23.7. The van der Waals surface area contributed by atoms with Crippen LogP contribution in [-0.2, 0) is 28.5 Å². The molecule has 0 spiro atoms. The van der Waals surface area contributed by atoms with Crippen LogP contribution in [0.25, 0.3) is 0 Å². The standard InChI is InChI=1S/C21H32O6S/c1-12(2)17-14(25-16(23)8-10-28-6)11-21(5)15(26-21)7-9-20(4)19(27-20)18(17)24-13(3)22/h8,10,12,14-15,17-19H,7,9,11H2,1-6H3. The van der Waals surface area contributed by atoms with Crippen LogP contribution in [0.5, 0.6) is 0 Å². The molecule has 0 bridgehead atoms. The van der Waals surface area contributed by atoms with Crippen LogP contribution >= 0.6 is 11.8 Å². The molecule has 0 aromatic carbocycles. The quantitative estimate of drug-likeness (QED) is 0.389. The number of rotatable bonds is 5. The fourth-order valence-corrected chi connectivity index (χ4v) is 4.89. The van der Waals surface area contributed by atoms with E-state index < -0.39 is 12.2 Å². The highest BCUT2D eigenvalue weighted by atomic mass is 32.2. The maximum absolute atomic E-state index is 12.4. The van der Waals surface area contributed by atoms with Crippen molar-refractivity contribution in [3.05, 3.63) is 11.5 Å². The van der Waals surface area contributed by atoms with Gasteiger partial charge in [0.2, 0.25) is 0 Å². The summed E-state index contributed by atoms with van der Waals surface area (Å²) in [6.07, 6.45) is 4.74. The number of hydrogen-bond donors (Lipinski definition) is 0. The summed E-state index contributed by atoms with van der Waals surface area (Å²) in [6, 6.07) is 0. The van der Waals surface area contributed by atoms with E-state index in [4.69, 9.17) is 18.9 Å². The normalized spacial score (nSPS) is 42.5. The lowest BCUT2D eigenvalue weighted by Crippen LogP contribution is -2.46. The maximum Gasteiger partial charge on any atom is 0.331 e. The number of esters is 2. The zero-order valence-electron chi connectivity index (χ0n) is 17.6. The predicted octanol–water partition coefficient (Wildman–Crippen LogP) is 3.48. The molecule has 3 aliphatic rings. The van der Waals surface area contributed by atoms with Crippen LogP contribution in [0.2, 0.25) is 0 Å². The average Bonchev–Trinajstić information content (AvgIpc) is 3.44. The van der Waals surface area contributed by atoms with Gasteiger partial charge in [0.25, 0.3) is 0 Å². The molecule has 2 saturated heterocycles. The molecule has 7 heteroatoms. The Morgan fingerprint density at radius 2 is 1.89 bits per heavy atom. The zero-order chi connectivity index (χ0) is 20.7. The van der Waals surface area contributed by atoms with Crippen LogP contribution in [-0.4, -0.2) is 53.8 Å². The molecule has 1 aliphatic carbocycles. The number of hydrogen-bond acceptors (Lipinski definition) is 7. The van der Waals surface area contributed by atoms with Crippen molar-refractivity contribution in [2.75, 3.05) is 6.26 Å². The van der Waals surface area contributed by atoms with Crippen molar-refractivity contribution in [1.82, 2.24) is 0 Å². The van der Waals surface area contributed by atoms with Gasteiger partial charge in [-0.25, -0.2) is 4.79 Å². The van der Waals surface area contributed by atoms with E-state index in [1.54, 1.807) is 5.41 Å². The maximum atomic E-state index is 12.4. The number of ether oxygens (including phenoxy) is 4. The van der Waals surface area contributed by atoms with E-state index in [1.807, 2.05) is 6.26 Å². The van der Waals surface area contributed by atoms with Crippen LogP contribution < -0.4 is 0 Å². The number of epoxide rings is 2. The Morgan fingerprint density at radius 1 is 1.18 bits per heavy atom. The molecule has 0 radical (unpaired) electrons. The fourth-order valence-electron chi connectivity index (χ4n) is 4.65. The molecule has 0 aromatic rings. The Bertz CT molecular complexity index is 649. The third kappa shape index (κ3) is 4.57. The monoisotopic (exact) mass is 412 g/mol. The minimum Gasteiger partial charge on any atom is -0.459 e. The van der Waals surface area contributed by atoms with E-state index in [-0.39, 0.29) is 47.2 Å². The molecule has 7 unspecified atom stereocenters. The van der Waals surface area contributed by atoms with Crippen LogP contribution in [0.1, 0.15) is 53.9 Å². The molecule has 1 saturated carbocycles. The van der Waals surface area contributed by atoms with E-state index in [0.29, 0.717) is 6.42 Å². The van der Waals surface area contributed by atoms with Crippen molar-refractivity contribution >= 4 is 23.7 Å². The molecular formula is C21H32O6S. The largest absolute Gasteiger partial charge is 0.459 e. The Labute approximate surface area is 171 Å². The van der Waals surface area contributed by atoms with Gasteiger partial charge in [0.15, 0.2) is 0 Å². The SMILES string of the molecule is CSC=CC(=O)OC1CC2(C)OC2CCC2(C)OC2C(OC(C)=O)C1C(C)C. The summed E-state index contributed by atoms with van der Waals surface area (Å²) in [4.78, 5) is 24.3. The molecule has 3 fully saturated rings.